The highest BCUT2D eigenvalue weighted by molar-refractivity contribution is 7.89. The van der Waals surface area contributed by atoms with Crippen molar-refractivity contribution in [1.29, 1.82) is 0 Å². The molecule has 1 aliphatic rings. The van der Waals surface area contributed by atoms with Gasteiger partial charge in [-0.25, -0.2) is 8.42 Å². The van der Waals surface area contributed by atoms with Crippen LogP contribution >= 0.6 is 0 Å². The maximum absolute atomic E-state index is 12.9. The molecule has 6 nitrogen and oxygen atoms in total. The van der Waals surface area contributed by atoms with E-state index in [1.54, 1.807) is 12.1 Å². The molecule has 0 radical (unpaired) electrons. The molecule has 2 N–H and O–H groups in total. The van der Waals surface area contributed by atoms with Gasteiger partial charge in [0.05, 0.1) is 4.90 Å². The van der Waals surface area contributed by atoms with Gasteiger partial charge < -0.3 is 10.6 Å². The van der Waals surface area contributed by atoms with Crippen molar-refractivity contribution in [1.82, 2.24) is 9.62 Å². The molecule has 7 heteroatoms. The highest BCUT2D eigenvalue weighted by atomic mass is 32.2. The molecule has 2 aromatic rings. The number of piperidine rings is 1. The molecule has 1 heterocycles. The number of hydrogen-bond acceptors (Lipinski definition) is 4. The van der Waals surface area contributed by atoms with Crippen molar-refractivity contribution in [2.24, 2.45) is 0 Å². The summed E-state index contributed by atoms with van der Waals surface area (Å²) in [7, 11) is -3.55. The van der Waals surface area contributed by atoms with Gasteiger partial charge in [-0.3, -0.25) is 4.79 Å². The van der Waals surface area contributed by atoms with Gasteiger partial charge in [0.15, 0.2) is 0 Å². The predicted octanol–water partition coefficient (Wildman–Crippen LogP) is 3.40. The van der Waals surface area contributed by atoms with E-state index in [2.05, 4.69) is 10.6 Å². The molecule has 156 valence electrons. The van der Waals surface area contributed by atoms with Crippen LogP contribution < -0.4 is 10.6 Å². The van der Waals surface area contributed by atoms with Gasteiger partial charge in [0, 0.05) is 37.4 Å². The van der Waals surface area contributed by atoms with Crippen molar-refractivity contribution in [2.75, 3.05) is 31.5 Å². The summed E-state index contributed by atoms with van der Waals surface area (Å²) < 4.78 is 27.3. The minimum Gasteiger partial charge on any atom is -0.385 e. The van der Waals surface area contributed by atoms with E-state index in [0.717, 1.165) is 43.5 Å². The average molecular weight is 416 g/mol. The molecule has 29 heavy (non-hydrogen) atoms. The predicted molar refractivity (Wildman–Crippen MR) is 116 cm³/mol. The number of anilines is 1. The number of nitrogens with one attached hydrogen (secondary N) is 2. The van der Waals surface area contributed by atoms with Crippen LogP contribution in [0.4, 0.5) is 5.69 Å². The van der Waals surface area contributed by atoms with Gasteiger partial charge in [0.25, 0.3) is 5.91 Å². The second kappa shape index (κ2) is 9.89. The highest BCUT2D eigenvalue weighted by Crippen LogP contribution is 2.22. The molecule has 1 fully saturated rings. The molecule has 1 saturated heterocycles. The third-order valence-corrected chi connectivity index (χ3v) is 7.04. The number of rotatable bonds is 8. The second-order valence-corrected chi connectivity index (χ2v) is 9.28. The van der Waals surface area contributed by atoms with E-state index in [0.29, 0.717) is 25.2 Å². The number of sulfonamides is 1. The van der Waals surface area contributed by atoms with Crippen LogP contribution in [0, 0.1) is 6.92 Å². The van der Waals surface area contributed by atoms with E-state index in [4.69, 9.17) is 0 Å². The first-order valence-electron chi connectivity index (χ1n) is 10.2. The monoisotopic (exact) mass is 415 g/mol. The number of hydrogen-bond donors (Lipinski definition) is 2. The van der Waals surface area contributed by atoms with Gasteiger partial charge >= 0.3 is 0 Å². The fourth-order valence-electron chi connectivity index (χ4n) is 3.43. The molecule has 0 atom stereocenters. The standard InChI is InChI=1S/C22H29N3O3S/c1-18-11-12-20(29(27,28)25-15-6-3-7-16-25)17-21(18)22(26)24-14-8-13-23-19-9-4-2-5-10-19/h2,4-5,9-12,17,23H,3,6-8,13-16H2,1H3,(H,24,26). The van der Waals surface area contributed by atoms with E-state index in [-0.39, 0.29) is 10.8 Å². The van der Waals surface area contributed by atoms with Crippen molar-refractivity contribution in [3.63, 3.8) is 0 Å². The van der Waals surface area contributed by atoms with Crippen LogP contribution in [0.15, 0.2) is 53.4 Å². The molecule has 1 aliphatic heterocycles. The van der Waals surface area contributed by atoms with Crippen LogP contribution in [0.5, 0.6) is 0 Å². The molecule has 3 rings (SSSR count). The zero-order valence-electron chi connectivity index (χ0n) is 16.9. The van der Waals surface area contributed by atoms with Gasteiger partial charge in [0.1, 0.15) is 0 Å². The lowest BCUT2D eigenvalue weighted by Crippen LogP contribution is -2.35. The van der Waals surface area contributed by atoms with E-state index in [1.807, 2.05) is 37.3 Å². The summed E-state index contributed by atoms with van der Waals surface area (Å²) in [6, 6.07) is 14.7. The lowest BCUT2D eigenvalue weighted by molar-refractivity contribution is 0.0952. The molecular formula is C22H29N3O3S. The first kappa shape index (κ1) is 21.3. The van der Waals surface area contributed by atoms with Crippen molar-refractivity contribution < 1.29 is 13.2 Å². The minimum absolute atomic E-state index is 0.195. The summed E-state index contributed by atoms with van der Waals surface area (Å²) in [4.78, 5) is 12.8. The Morgan fingerprint density at radius 1 is 1.00 bits per heavy atom. The molecule has 0 spiro atoms. The zero-order chi connectivity index (χ0) is 20.7. The Hall–Kier alpha value is -2.38. The van der Waals surface area contributed by atoms with Crippen LogP contribution in [0.1, 0.15) is 41.6 Å². The van der Waals surface area contributed by atoms with E-state index < -0.39 is 10.0 Å². The van der Waals surface area contributed by atoms with Gasteiger partial charge in [-0.2, -0.15) is 4.31 Å². The number of nitrogens with zero attached hydrogens (tertiary/aromatic N) is 1. The van der Waals surface area contributed by atoms with E-state index in [1.165, 1.54) is 10.4 Å². The summed E-state index contributed by atoms with van der Waals surface area (Å²) in [6.45, 7) is 4.18. The second-order valence-electron chi connectivity index (χ2n) is 7.34. The summed E-state index contributed by atoms with van der Waals surface area (Å²) in [5.74, 6) is -0.238. The van der Waals surface area contributed by atoms with Crippen LogP contribution in [0.25, 0.3) is 0 Å². The number of aryl methyl sites for hydroxylation is 1. The quantitative estimate of drug-likeness (QED) is 0.648. The Morgan fingerprint density at radius 3 is 2.45 bits per heavy atom. The van der Waals surface area contributed by atoms with Gasteiger partial charge in [-0.1, -0.05) is 30.7 Å². The lowest BCUT2D eigenvalue weighted by Gasteiger charge is -2.26. The molecule has 0 aliphatic carbocycles. The Bertz CT molecular complexity index is 924. The van der Waals surface area contributed by atoms with Crippen LogP contribution in [-0.2, 0) is 10.0 Å². The van der Waals surface area contributed by atoms with E-state index >= 15 is 0 Å². The SMILES string of the molecule is Cc1ccc(S(=O)(=O)N2CCCCC2)cc1C(=O)NCCCNc1ccccc1. The maximum atomic E-state index is 12.9. The zero-order valence-corrected chi connectivity index (χ0v) is 17.7. The summed E-state index contributed by atoms with van der Waals surface area (Å²) >= 11 is 0. The minimum atomic E-state index is -3.55. The summed E-state index contributed by atoms with van der Waals surface area (Å²) in [5.41, 5.74) is 2.23. The maximum Gasteiger partial charge on any atom is 0.251 e. The first-order valence-corrected chi connectivity index (χ1v) is 11.6. The number of benzene rings is 2. The van der Waals surface area contributed by atoms with Crippen LogP contribution in [0.3, 0.4) is 0 Å². The molecule has 0 aromatic heterocycles. The smallest absolute Gasteiger partial charge is 0.251 e. The van der Waals surface area contributed by atoms with Crippen molar-refractivity contribution in [3.8, 4) is 0 Å². The Morgan fingerprint density at radius 2 is 1.72 bits per heavy atom. The topological polar surface area (TPSA) is 78.5 Å². The molecule has 0 saturated carbocycles. The molecular weight excluding hydrogens is 386 g/mol. The Labute approximate surface area is 173 Å². The van der Waals surface area contributed by atoms with Crippen molar-refractivity contribution >= 4 is 21.6 Å². The third-order valence-electron chi connectivity index (χ3n) is 5.15. The van der Waals surface area contributed by atoms with Crippen LogP contribution in [-0.4, -0.2) is 44.8 Å². The average Bonchev–Trinajstić information content (AvgIpc) is 2.75. The molecule has 1 amide bonds. The number of para-hydroxylation sites is 1. The number of carbonyl (C=O) groups is 1. The number of carbonyl (C=O) groups excluding carboxylic acids is 1. The van der Waals surface area contributed by atoms with Gasteiger partial charge in [-0.05, 0) is 56.0 Å². The normalized spacial score (nSPS) is 15.1. The fraction of sp³-hybridized carbons (Fsp3) is 0.409. The van der Waals surface area contributed by atoms with E-state index in [9.17, 15) is 13.2 Å². The van der Waals surface area contributed by atoms with Crippen LogP contribution in [0.2, 0.25) is 0 Å². The largest absolute Gasteiger partial charge is 0.385 e. The summed E-state index contributed by atoms with van der Waals surface area (Å²) in [6.07, 6.45) is 3.60. The van der Waals surface area contributed by atoms with Crippen molar-refractivity contribution in [3.05, 3.63) is 59.7 Å². The molecule has 0 unspecified atom stereocenters. The highest BCUT2D eigenvalue weighted by Gasteiger charge is 2.27. The fourth-order valence-corrected chi connectivity index (χ4v) is 4.98. The lowest BCUT2D eigenvalue weighted by atomic mass is 10.1. The third kappa shape index (κ3) is 5.58. The Kier molecular flexibility index (Phi) is 7.28. The molecule has 0 bridgehead atoms. The number of amides is 1. The molecule has 2 aromatic carbocycles. The van der Waals surface area contributed by atoms with Gasteiger partial charge in [0.2, 0.25) is 10.0 Å². The first-order chi connectivity index (χ1) is 14.0. The van der Waals surface area contributed by atoms with Gasteiger partial charge in [-0.15, -0.1) is 0 Å². The summed E-state index contributed by atoms with van der Waals surface area (Å²) in [5, 5.41) is 6.20. The Balaban J connectivity index is 1.58. The van der Waals surface area contributed by atoms with Crippen molar-refractivity contribution in [2.45, 2.75) is 37.5 Å².